The molecule has 1 aromatic rings. The van der Waals surface area contributed by atoms with Crippen LogP contribution >= 0.6 is 23.4 Å². The summed E-state index contributed by atoms with van der Waals surface area (Å²) in [6, 6.07) is 5.16. The highest BCUT2D eigenvalue weighted by Crippen LogP contribution is 2.26. The van der Waals surface area contributed by atoms with Crippen molar-refractivity contribution in [2.45, 2.75) is 11.4 Å². The van der Waals surface area contributed by atoms with E-state index in [9.17, 15) is 10.1 Å². The van der Waals surface area contributed by atoms with E-state index in [0.29, 0.717) is 10.6 Å². The fourth-order valence-electron chi connectivity index (χ4n) is 0.957. The van der Waals surface area contributed by atoms with Gasteiger partial charge < -0.3 is 0 Å². The van der Waals surface area contributed by atoms with Crippen molar-refractivity contribution in [3.63, 3.8) is 0 Å². The predicted octanol–water partition coefficient (Wildman–Crippen LogP) is 2.84. The summed E-state index contributed by atoms with van der Waals surface area (Å²) in [4.78, 5) is 10.8. The molecule has 0 spiro atoms. The number of hydrogen-bond donors (Lipinski definition) is 0. The maximum Gasteiger partial charge on any atom is 0.228 e. The van der Waals surface area contributed by atoms with Crippen molar-refractivity contribution in [1.82, 2.24) is 0 Å². The first kappa shape index (κ1) is 10.3. The molecule has 0 fully saturated rings. The standard InChI is InChI=1S/C8H8ClNO2S/c1-13-8-3-2-6(4-7(8)9)5-10(11)12/h2-4H,5H2,1H3. The van der Waals surface area contributed by atoms with E-state index in [0.717, 1.165) is 4.90 Å². The second-order valence-corrected chi connectivity index (χ2v) is 3.72. The van der Waals surface area contributed by atoms with Crippen molar-refractivity contribution in [1.29, 1.82) is 0 Å². The Labute approximate surface area is 85.2 Å². The quantitative estimate of drug-likeness (QED) is 0.444. The molecule has 0 aliphatic carbocycles. The first-order valence-electron chi connectivity index (χ1n) is 3.57. The maximum atomic E-state index is 10.2. The van der Waals surface area contributed by atoms with Crippen molar-refractivity contribution in [3.05, 3.63) is 38.9 Å². The lowest BCUT2D eigenvalue weighted by molar-refractivity contribution is -0.496. The van der Waals surface area contributed by atoms with Crippen molar-refractivity contribution in [2.75, 3.05) is 6.26 Å². The molecule has 0 saturated heterocycles. The highest BCUT2D eigenvalue weighted by atomic mass is 35.5. The van der Waals surface area contributed by atoms with E-state index in [2.05, 4.69) is 0 Å². The number of halogens is 1. The van der Waals surface area contributed by atoms with E-state index >= 15 is 0 Å². The Morgan fingerprint density at radius 1 is 1.62 bits per heavy atom. The predicted molar refractivity (Wildman–Crippen MR) is 53.9 cm³/mol. The zero-order valence-electron chi connectivity index (χ0n) is 6.99. The minimum absolute atomic E-state index is 0.172. The van der Waals surface area contributed by atoms with Gasteiger partial charge in [0.25, 0.3) is 0 Å². The summed E-state index contributed by atoms with van der Waals surface area (Å²) in [6.45, 7) is -0.172. The summed E-state index contributed by atoms with van der Waals surface area (Å²) in [5.41, 5.74) is 0.632. The second-order valence-electron chi connectivity index (χ2n) is 2.46. The van der Waals surface area contributed by atoms with Gasteiger partial charge in [0.2, 0.25) is 6.54 Å². The van der Waals surface area contributed by atoms with E-state index in [1.165, 1.54) is 11.8 Å². The van der Waals surface area contributed by atoms with E-state index in [4.69, 9.17) is 11.6 Å². The van der Waals surface area contributed by atoms with Crippen LogP contribution in [0, 0.1) is 10.1 Å². The third-order valence-corrected chi connectivity index (χ3v) is 2.75. The first-order chi connectivity index (χ1) is 6.13. The van der Waals surface area contributed by atoms with Crippen LogP contribution in [0.3, 0.4) is 0 Å². The van der Waals surface area contributed by atoms with Crippen LogP contribution in [0.25, 0.3) is 0 Å². The topological polar surface area (TPSA) is 43.1 Å². The third kappa shape index (κ3) is 2.90. The van der Waals surface area contributed by atoms with Crippen LogP contribution in [-0.4, -0.2) is 11.2 Å². The molecule has 0 aliphatic rings. The molecule has 0 radical (unpaired) electrons. The van der Waals surface area contributed by atoms with Crippen molar-refractivity contribution >= 4 is 23.4 Å². The van der Waals surface area contributed by atoms with Crippen LogP contribution in [0.5, 0.6) is 0 Å². The average molecular weight is 218 g/mol. The van der Waals surface area contributed by atoms with Gasteiger partial charge in [-0.3, -0.25) is 10.1 Å². The molecule has 1 aromatic carbocycles. The molecule has 1 rings (SSSR count). The monoisotopic (exact) mass is 217 g/mol. The lowest BCUT2D eigenvalue weighted by Gasteiger charge is -2.01. The Kier molecular flexibility index (Phi) is 3.57. The molecule has 0 unspecified atom stereocenters. The Bertz CT molecular complexity index is 330. The molecule has 0 bridgehead atoms. The maximum absolute atomic E-state index is 10.2. The van der Waals surface area contributed by atoms with Gasteiger partial charge in [0.05, 0.1) is 5.02 Å². The number of hydrogen-bond acceptors (Lipinski definition) is 3. The number of thioether (sulfide) groups is 1. The number of nitrogens with zero attached hydrogens (tertiary/aromatic N) is 1. The molecule has 5 heteroatoms. The molecule has 0 aromatic heterocycles. The van der Waals surface area contributed by atoms with Crippen LogP contribution < -0.4 is 0 Å². The minimum atomic E-state index is -0.371. The molecule has 0 aliphatic heterocycles. The van der Waals surface area contributed by atoms with Crippen molar-refractivity contribution in [3.8, 4) is 0 Å². The molecule has 0 heterocycles. The smallest absolute Gasteiger partial charge is 0.228 e. The van der Waals surface area contributed by atoms with Gasteiger partial charge in [-0.05, 0) is 18.4 Å². The summed E-state index contributed by atoms with van der Waals surface area (Å²) < 4.78 is 0. The fourth-order valence-corrected chi connectivity index (χ4v) is 1.85. The van der Waals surface area contributed by atoms with Gasteiger partial charge in [-0.15, -0.1) is 11.8 Å². The van der Waals surface area contributed by atoms with Crippen LogP contribution in [-0.2, 0) is 6.54 Å². The summed E-state index contributed by atoms with van der Waals surface area (Å²) in [5, 5.41) is 10.8. The highest BCUT2D eigenvalue weighted by molar-refractivity contribution is 7.98. The zero-order valence-corrected chi connectivity index (χ0v) is 8.56. The Morgan fingerprint density at radius 2 is 2.31 bits per heavy atom. The molecule has 70 valence electrons. The first-order valence-corrected chi connectivity index (χ1v) is 5.18. The summed E-state index contributed by atoms with van der Waals surface area (Å²) in [6.07, 6.45) is 1.91. The number of rotatable bonds is 3. The van der Waals surface area contributed by atoms with Gasteiger partial charge in [-0.1, -0.05) is 17.7 Å². The molecule has 0 atom stereocenters. The molecule has 0 saturated carbocycles. The van der Waals surface area contributed by atoms with Gasteiger partial charge in [-0.2, -0.15) is 0 Å². The summed E-state index contributed by atoms with van der Waals surface area (Å²) >= 11 is 7.39. The van der Waals surface area contributed by atoms with Gasteiger partial charge in [0.1, 0.15) is 0 Å². The largest absolute Gasteiger partial charge is 0.264 e. The molecule has 0 amide bonds. The normalized spacial score (nSPS) is 10.0. The Balaban J connectivity index is 2.89. The van der Waals surface area contributed by atoms with Gasteiger partial charge in [-0.25, -0.2) is 0 Å². The van der Waals surface area contributed by atoms with Crippen molar-refractivity contribution in [2.24, 2.45) is 0 Å². The molecule has 0 N–H and O–H groups in total. The SMILES string of the molecule is CSc1ccc(C[N+](=O)[O-])cc1Cl. The van der Waals surface area contributed by atoms with Crippen molar-refractivity contribution < 1.29 is 4.92 Å². The lowest BCUT2D eigenvalue weighted by atomic mass is 10.2. The van der Waals surface area contributed by atoms with E-state index in [1.54, 1.807) is 18.2 Å². The fraction of sp³-hybridized carbons (Fsp3) is 0.250. The molecular weight excluding hydrogens is 210 g/mol. The minimum Gasteiger partial charge on any atom is -0.264 e. The number of nitro groups is 1. The second kappa shape index (κ2) is 4.48. The molecule has 3 nitrogen and oxygen atoms in total. The van der Waals surface area contributed by atoms with E-state index < -0.39 is 0 Å². The van der Waals surface area contributed by atoms with E-state index in [1.807, 2.05) is 6.26 Å². The lowest BCUT2D eigenvalue weighted by Crippen LogP contribution is -1.97. The highest BCUT2D eigenvalue weighted by Gasteiger charge is 2.04. The third-order valence-electron chi connectivity index (χ3n) is 1.53. The number of benzene rings is 1. The van der Waals surface area contributed by atoms with E-state index in [-0.39, 0.29) is 11.5 Å². The van der Waals surface area contributed by atoms with Gasteiger partial charge in [0, 0.05) is 15.4 Å². The Morgan fingerprint density at radius 3 is 2.77 bits per heavy atom. The van der Waals surface area contributed by atoms with Crippen LogP contribution in [0.1, 0.15) is 5.56 Å². The van der Waals surface area contributed by atoms with Gasteiger partial charge in [0.15, 0.2) is 0 Å². The molecule has 13 heavy (non-hydrogen) atoms. The van der Waals surface area contributed by atoms with Crippen LogP contribution in [0.4, 0.5) is 0 Å². The zero-order chi connectivity index (χ0) is 9.84. The van der Waals surface area contributed by atoms with Crippen LogP contribution in [0.2, 0.25) is 5.02 Å². The average Bonchev–Trinajstić information content (AvgIpc) is 2.03. The van der Waals surface area contributed by atoms with Crippen LogP contribution in [0.15, 0.2) is 23.1 Å². The molecular formula is C8H8ClNO2S. The summed E-state index contributed by atoms with van der Waals surface area (Å²) in [7, 11) is 0. The van der Waals surface area contributed by atoms with Gasteiger partial charge >= 0.3 is 0 Å². The summed E-state index contributed by atoms with van der Waals surface area (Å²) in [5.74, 6) is 0. The Hall–Kier alpha value is -0.740.